The van der Waals surface area contributed by atoms with Gasteiger partial charge in [0.15, 0.2) is 0 Å². The summed E-state index contributed by atoms with van der Waals surface area (Å²) in [5.74, 6) is 0. The zero-order valence-electron chi connectivity index (χ0n) is 10.9. The zero-order chi connectivity index (χ0) is 14.8. The van der Waals surface area contributed by atoms with E-state index in [0.717, 1.165) is 21.0 Å². The molecule has 3 rings (SSSR count). The summed E-state index contributed by atoms with van der Waals surface area (Å²) in [6, 6.07) is 15.4. The van der Waals surface area contributed by atoms with E-state index in [0.29, 0.717) is 17.1 Å². The van der Waals surface area contributed by atoms with Crippen LogP contribution in [0.3, 0.4) is 0 Å². The van der Waals surface area contributed by atoms with Crippen molar-refractivity contribution >= 4 is 50.3 Å². The summed E-state index contributed by atoms with van der Waals surface area (Å²) in [5, 5.41) is 14.5. The molecule has 0 atom stereocenters. The van der Waals surface area contributed by atoms with Gasteiger partial charge < -0.3 is 5.32 Å². The van der Waals surface area contributed by atoms with Crippen LogP contribution >= 0.6 is 34.5 Å². The molecule has 1 aromatic heterocycles. The molecule has 0 aliphatic rings. The summed E-state index contributed by atoms with van der Waals surface area (Å²) in [6.07, 6.45) is 0. The third-order valence-electron chi connectivity index (χ3n) is 3.14. The van der Waals surface area contributed by atoms with Crippen molar-refractivity contribution in [3.8, 4) is 6.07 Å². The average Bonchev–Trinajstić information content (AvgIpc) is 2.82. The zero-order valence-corrected chi connectivity index (χ0v) is 13.2. The van der Waals surface area contributed by atoms with Crippen LogP contribution in [0.15, 0.2) is 42.5 Å². The lowest BCUT2D eigenvalue weighted by Gasteiger charge is -2.06. The van der Waals surface area contributed by atoms with E-state index < -0.39 is 0 Å². The van der Waals surface area contributed by atoms with Crippen LogP contribution in [0.1, 0.15) is 10.4 Å². The minimum Gasteiger partial charge on any atom is -0.380 e. The Balaban J connectivity index is 1.82. The van der Waals surface area contributed by atoms with Crippen molar-refractivity contribution in [1.82, 2.24) is 0 Å². The molecular weight excluding hydrogens is 323 g/mol. The Morgan fingerprint density at radius 3 is 2.67 bits per heavy atom. The number of hydrogen-bond acceptors (Lipinski definition) is 3. The van der Waals surface area contributed by atoms with Gasteiger partial charge >= 0.3 is 0 Å². The van der Waals surface area contributed by atoms with Gasteiger partial charge in [0.05, 0.1) is 22.2 Å². The Bertz CT molecular complexity index is 849. The van der Waals surface area contributed by atoms with Gasteiger partial charge in [-0.15, -0.1) is 11.3 Å². The maximum atomic E-state index is 8.86. The van der Waals surface area contributed by atoms with Crippen LogP contribution in [0.25, 0.3) is 10.1 Å². The van der Waals surface area contributed by atoms with Gasteiger partial charge in [-0.1, -0.05) is 41.4 Å². The number of benzene rings is 2. The van der Waals surface area contributed by atoms with Gasteiger partial charge in [0.2, 0.25) is 0 Å². The van der Waals surface area contributed by atoms with Crippen LogP contribution in [-0.4, -0.2) is 0 Å². The van der Waals surface area contributed by atoms with E-state index in [1.54, 1.807) is 23.5 Å². The monoisotopic (exact) mass is 332 g/mol. The molecule has 0 amide bonds. The van der Waals surface area contributed by atoms with E-state index in [2.05, 4.69) is 11.4 Å². The predicted octanol–water partition coefficient (Wildman–Crippen LogP) is 5.69. The summed E-state index contributed by atoms with van der Waals surface area (Å²) in [5.41, 5.74) is 1.34. The first-order valence-corrected chi connectivity index (χ1v) is 7.85. The largest absolute Gasteiger partial charge is 0.380 e. The molecule has 3 aromatic rings. The SMILES string of the molecule is N#Cc1ccc(NCc2sc3ccccc3c2Cl)cc1Cl. The second-order valence-electron chi connectivity index (χ2n) is 4.50. The molecule has 0 saturated heterocycles. The molecule has 0 saturated carbocycles. The molecule has 0 bridgehead atoms. The Kier molecular flexibility index (Phi) is 4.03. The maximum Gasteiger partial charge on any atom is 0.101 e. The number of halogens is 2. The molecule has 0 aliphatic heterocycles. The normalized spacial score (nSPS) is 10.5. The van der Waals surface area contributed by atoms with E-state index in [1.807, 2.05) is 30.3 Å². The van der Waals surface area contributed by atoms with E-state index in [1.165, 1.54) is 4.70 Å². The minimum absolute atomic E-state index is 0.449. The van der Waals surface area contributed by atoms with Crippen molar-refractivity contribution in [3.05, 3.63) is 63.0 Å². The summed E-state index contributed by atoms with van der Waals surface area (Å²) in [4.78, 5) is 1.08. The van der Waals surface area contributed by atoms with Crippen molar-refractivity contribution in [3.63, 3.8) is 0 Å². The number of thiophene rings is 1. The smallest absolute Gasteiger partial charge is 0.101 e. The predicted molar refractivity (Wildman–Crippen MR) is 90.3 cm³/mol. The molecule has 1 N–H and O–H groups in total. The number of rotatable bonds is 3. The van der Waals surface area contributed by atoms with Gasteiger partial charge in [0, 0.05) is 20.7 Å². The lowest BCUT2D eigenvalue weighted by Crippen LogP contribution is -1.98. The fourth-order valence-electron chi connectivity index (χ4n) is 2.08. The quantitative estimate of drug-likeness (QED) is 0.668. The third kappa shape index (κ3) is 2.84. The first kappa shape index (κ1) is 14.2. The Hall–Kier alpha value is -1.73. The Morgan fingerprint density at radius 1 is 1.14 bits per heavy atom. The standard InChI is InChI=1S/C16H10Cl2N2S/c17-13-7-11(6-5-10(13)8-19)20-9-15-16(18)12-3-1-2-4-14(12)21-15/h1-7,20H,9H2. The van der Waals surface area contributed by atoms with Crippen molar-refractivity contribution in [2.45, 2.75) is 6.54 Å². The van der Waals surface area contributed by atoms with Crippen molar-refractivity contribution in [2.75, 3.05) is 5.32 Å². The third-order valence-corrected chi connectivity index (χ3v) is 5.17. The topological polar surface area (TPSA) is 35.8 Å². The molecule has 0 spiro atoms. The van der Waals surface area contributed by atoms with Gasteiger partial charge in [-0.3, -0.25) is 0 Å². The van der Waals surface area contributed by atoms with E-state index in [9.17, 15) is 0 Å². The lowest BCUT2D eigenvalue weighted by molar-refractivity contribution is 1.19. The summed E-state index contributed by atoms with van der Waals surface area (Å²) in [7, 11) is 0. The van der Waals surface area contributed by atoms with Crippen LogP contribution in [0.2, 0.25) is 10.0 Å². The second-order valence-corrected chi connectivity index (χ2v) is 6.42. The molecule has 2 aromatic carbocycles. The van der Waals surface area contributed by atoms with E-state index in [4.69, 9.17) is 28.5 Å². The first-order valence-electron chi connectivity index (χ1n) is 6.28. The molecule has 0 unspecified atom stereocenters. The molecule has 5 heteroatoms. The number of nitriles is 1. The van der Waals surface area contributed by atoms with Crippen LogP contribution in [-0.2, 0) is 6.54 Å². The molecule has 104 valence electrons. The number of fused-ring (bicyclic) bond motifs is 1. The fourth-order valence-corrected chi connectivity index (χ4v) is 3.74. The van der Waals surface area contributed by atoms with Crippen LogP contribution in [0.5, 0.6) is 0 Å². The van der Waals surface area contributed by atoms with Gasteiger partial charge in [-0.05, 0) is 24.3 Å². The molecule has 21 heavy (non-hydrogen) atoms. The highest BCUT2D eigenvalue weighted by atomic mass is 35.5. The highest BCUT2D eigenvalue weighted by Gasteiger charge is 2.09. The average molecular weight is 333 g/mol. The van der Waals surface area contributed by atoms with Crippen molar-refractivity contribution < 1.29 is 0 Å². The first-order chi connectivity index (χ1) is 10.2. The Labute approximate surface area is 136 Å². The van der Waals surface area contributed by atoms with Gasteiger partial charge in [-0.2, -0.15) is 5.26 Å². The second kappa shape index (κ2) is 5.95. The molecule has 0 fully saturated rings. The molecular formula is C16H10Cl2N2S. The van der Waals surface area contributed by atoms with E-state index in [-0.39, 0.29) is 0 Å². The minimum atomic E-state index is 0.449. The number of anilines is 1. The van der Waals surface area contributed by atoms with Crippen molar-refractivity contribution in [2.24, 2.45) is 0 Å². The van der Waals surface area contributed by atoms with Crippen LogP contribution in [0, 0.1) is 11.3 Å². The molecule has 0 radical (unpaired) electrons. The summed E-state index contributed by atoms with van der Waals surface area (Å²) in [6.45, 7) is 0.625. The number of hydrogen-bond donors (Lipinski definition) is 1. The highest BCUT2D eigenvalue weighted by Crippen LogP contribution is 2.35. The summed E-state index contributed by atoms with van der Waals surface area (Å²) < 4.78 is 1.18. The fraction of sp³-hybridized carbons (Fsp3) is 0.0625. The lowest BCUT2D eigenvalue weighted by atomic mass is 10.2. The maximum absolute atomic E-state index is 8.86. The van der Waals surface area contributed by atoms with Gasteiger partial charge in [0.25, 0.3) is 0 Å². The number of nitrogens with one attached hydrogen (secondary N) is 1. The van der Waals surface area contributed by atoms with E-state index >= 15 is 0 Å². The van der Waals surface area contributed by atoms with Crippen LogP contribution < -0.4 is 5.32 Å². The van der Waals surface area contributed by atoms with Gasteiger partial charge in [-0.25, -0.2) is 0 Å². The molecule has 0 aliphatic carbocycles. The summed E-state index contributed by atoms with van der Waals surface area (Å²) >= 11 is 14.1. The Morgan fingerprint density at radius 2 is 1.95 bits per heavy atom. The highest BCUT2D eigenvalue weighted by molar-refractivity contribution is 7.19. The molecule has 1 heterocycles. The van der Waals surface area contributed by atoms with Gasteiger partial charge in [0.1, 0.15) is 6.07 Å². The van der Waals surface area contributed by atoms with Crippen LogP contribution in [0.4, 0.5) is 5.69 Å². The molecule has 2 nitrogen and oxygen atoms in total. The number of nitrogens with zero attached hydrogens (tertiary/aromatic N) is 1. The van der Waals surface area contributed by atoms with Crippen molar-refractivity contribution in [1.29, 1.82) is 5.26 Å².